The molecule has 2 rings (SSSR count). The van der Waals surface area contributed by atoms with Crippen molar-refractivity contribution in [3.8, 4) is 0 Å². The van der Waals surface area contributed by atoms with E-state index in [1.165, 1.54) is 31.5 Å². The van der Waals surface area contributed by atoms with Crippen LogP contribution in [-0.4, -0.2) is 30.6 Å². The average Bonchev–Trinajstić information content (AvgIpc) is 2.71. The minimum absolute atomic E-state index is 0.711. The van der Waals surface area contributed by atoms with Gasteiger partial charge in [0.15, 0.2) is 0 Å². The molecule has 2 heterocycles. The van der Waals surface area contributed by atoms with Crippen molar-refractivity contribution in [1.82, 2.24) is 10.2 Å². The van der Waals surface area contributed by atoms with E-state index in [1.54, 1.807) is 11.3 Å². The molecule has 1 atom stereocenters. The fourth-order valence-corrected chi connectivity index (χ4v) is 2.88. The molecule has 2 nitrogen and oxygen atoms in total. The maximum Gasteiger partial charge on any atom is 0.0243 e. The minimum Gasteiger partial charge on any atom is -0.311 e. The third-order valence-corrected chi connectivity index (χ3v) is 3.70. The van der Waals surface area contributed by atoms with Crippen LogP contribution in [0.1, 0.15) is 25.3 Å². The Labute approximate surface area is 96.3 Å². The van der Waals surface area contributed by atoms with Crippen molar-refractivity contribution in [1.29, 1.82) is 0 Å². The largest absolute Gasteiger partial charge is 0.311 e. The first-order valence-electron chi connectivity index (χ1n) is 5.85. The molecule has 0 aromatic carbocycles. The van der Waals surface area contributed by atoms with E-state index in [1.807, 2.05) is 0 Å². The first-order valence-corrected chi connectivity index (χ1v) is 6.79. The van der Waals surface area contributed by atoms with Crippen molar-refractivity contribution >= 4 is 11.3 Å². The van der Waals surface area contributed by atoms with Gasteiger partial charge < -0.3 is 5.32 Å². The molecule has 15 heavy (non-hydrogen) atoms. The lowest BCUT2D eigenvalue weighted by Crippen LogP contribution is -2.50. The Kier molecular flexibility index (Phi) is 4.18. The van der Waals surface area contributed by atoms with E-state index in [4.69, 9.17) is 0 Å². The van der Waals surface area contributed by atoms with Gasteiger partial charge in [0, 0.05) is 32.2 Å². The molecule has 0 spiro atoms. The van der Waals surface area contributed by atoms with E-state index in [0.29, 0.717) is 6.04 Å². The summed E-state index contributed by atoms with van der Waals surface area (Å²) >= 11 is 1.80. The molecule has 1 aromatic rings. The SMILES string of the molecule is CCCC1CN(Cc2ccsc2)CCN1. The van der Waals surface area contributed by atoms with Crippen LogP contribution in [0.5, 0.6) is 0 Å². The zero-order valence-corrected chi connectivity index (χ0v) is 10.2. The number of rotatable bonds is 4. The lowest BCUT2D eigenvalue weighted by atomic mass is 10.1. The molecule has 3 heteroatoms. The van der Waals surface area contributed by atoms with Crippen molar-refractivity contribution in [2.24, 2.45) is 0 Å². The second-order valence-electron chi connectivity index (χ2n) is 4.31. The molecule has 1 aliphatic rings. The summed E-state index contributed by atoms with van der Waals surface area (Å²) in [5.74, 6) is 0. The number of nitrogens with one attached hydrogen (secondary N) is 1. The predicted octanol–water partition coefficient (Wildman–Crippen LogP) is 2.32. The second kappa shape index (κ2) is 5.64. The Bertz CT molecular complexity index is 269. The summed E-state index contributed by atoms with van der Waals surface area (Å²) < 4.78 is 0. The molecule has 1 aliphatic heterocycles. The van der Waals surface area contributed by atoms with Crippen LogP contribution >= 0.6 is 11.3 Å². The number of hydrogen-bond donors (Lipinski definition) is 1. The fourth-order valence-electron chi connectivity index (χ4n) is 2.22. The van der Waals surface area contributed by atoms with Crippen molar-refractivity contribution in [2.45, 2.75) is 32.4 Å². The molecule has 1 saturated heterocycles. The summed E-state index contributed by atoms with van der Waals surface area (Å²) in [6.07, 6.45) is 2.59. The standard InChI is InChI=1S/C12H20N2S/c1-2-3-12-9-14(6-5-13-12)8-11-4-7-15-10-11/h4,7,10,12-13H,2-3,5-6,8-9H2,1H3. The van der Waals surface area contributed by atoms with Gasteiger partial charge in [-0.1, -0.05) is 13.3 Å². The van der Waals surface area contributed by atoms with E-state index in [-0.39, 0.29) is 0 Å². The zero-order chi connectivity index (χ0) is 10.5. The van der Waals surface area contributed by atoms with E-state index in [2.05, 4.69) is 34.0 Å². The van der Waals surface area contributed by atoms with E-state index in [9.17, 15) is 0 Å². The monoisotopic (exact) mass is 224 g/mol. The van der Waals surface area contributed by atoms with Crippen molar-refractivity contribution < 1.29 is 0 Å². The van der Waals surface area contributed by atoms with Gasteiger partial charge in [-0.3, -0.25) is 4.90 Å². The van der Waals surface area contributed by atoms with Crippen LogP contribution in [0.4, 0.5) is 0 Å². The van der Waals surface area contributed by atoms with Gasteiger partial charge in [0.25, 0.3) is 0 Å². The van der Waals surface area contributed by atoms with Gasteiger partial charge in [0.1, 0.15) is 0 Å². The maximum absolute atomic E-state index is 3.59. The second-order valence-corrected chi connectivity index (χ2v) is 5.09. The normalized spacial score (nSPS) is 23.1. The summed E-state index contributed by atoms with van der Waals surface area (Å²) in [5, 5.41) is 8.02. The topological polar surface area (TPSA) is 15.3 Å². The Morgan fingerprint density at radius 2 is 2.53 bits per heavy atom. The van der Waals surface area contributed by atoms with E-state index in [0.717, 1.165) is 13.1 Å². The van der Waals surface area contributed by atoms with E-state index >= 15 is 0 Å². The highest BCUT2D eigenvalue weighted by Crippen LogP contribution is 2.12. The van der Waals surface area contributed by atoms with Crippen molar-refractivity contribution in [3.05, 3.63) is 22.4 Å². The molecule has 0 saturated carbocycles. The van der Waals surface area contributed by atoms with Crippen LogP contribution in [0.25, 0.3) is 0 Å². The molecule has 0 radical (unpaired) electrons. The van der Waals surface area contributed by atoms with Crippen LogP contribution in [0.15, 0.2) is 16.8 Å². The van der Waals surface area contributed by atoms with Crippen molar-refractivity contribution in [3.63, 3.8) is 0 Å². The highest BCUT2D eigenvalue weighted by molar-refractivity contribution is 7.07. The molecule has 1 N–H and O–H groups in total. The van der Waals surface area contributed by atoms with Crippen LogP contribution in [0.2, 0.25) is 0 Å². The van der Waals surface area contributed by atoms with Gasteiger partial charge in [-0.25, -0.2) is 0 Å². The summed E-state index contributed by atoms with van der Waals surface area (Å²) in [6.45, 7) is 6.94. The van der Waals surface area contributed by atoms with Crippen LogP contribution in [-0.2, 0) is 6.54 Å². The molecule has 84 valence electrons. The van der Waals surface area contributed by atoms with Gasteiger partial charge in [-0.15, -0.1) is 0 Å². The number of thiophene rings is 1. The van der Waals surface area contributed by atoms with Gasteiger partial charge in [-0.2, -0.15) is 11.3 Å². The minimum atomic E-state index is 0.711. The Hall–Kier alpha value is -0.380. The molecule has 1 unspecified atom stereocenters. The van der Waals surface area contributed by atoms with Gasteiger partial charge in [-0.05, 0) is 28.8 Å². The van der Waals surface area contributed by atoms with Gasteiger partial charge >= 0.3 is 0 Å². The predicted molar refractivity (Wildman–Crippen MR) is 66.3 cm³/mol. The highest BCUT2D eigenvalue weighted by atomic mass is 32.1. The quantitative estimate of drug-likeness (QED) is 0.844. The maximum atomic E-state index is 3.59. The molecular formula is C12H20N2S. The highest BCUT2D eigenvalue weighted by Gasteiger charge is 2.18. The summed E-state index contributed by atoms with van der Waals surface area (Å²) in [5.41, 5.74) is 1.47. The van der Waals surface area contributed by atoms with Crippen molar-refractivity contribution in [2.75, 3.05) is 19.6 Å². The summed E-state index contributed by atoms with van der Waals surface area (Å²) in [4.78, 5) is 2.57. The van der Waals surface area contributed by atoms with Crippen LogP contribution < -0.4 is 5.32 Å². The molecular weight excluding hydrogens is 204 g/mol. The number of hydrogen-bond acceptors (Lipinski definition) is 3. The molecule has 0 amide bonds. The lowest BCUT2D eigenvalue weighted by Gasteiger charge is -2.33. The Morgan fingerprint density at radius 3 is 3.27 bits per heavy atom. The van der Waals surface area contributed by atoms with Gasteiger partial charge in [0.2, 0.25) is 0 Å². The number of nitrogens with zero attached hydrogens (tertiary/aromatic N) is 1. The molecule has 0 bridgehead atoms. The first-order chi connectivity index (χ1) is 7.38. The third kappa shape index (κ3) is 3.30. The average molecular weight is 224 g/mol. The lowest BCUT2D eigenvalue weighted by molar-refractivity contribution is 0.187. The van der Waals surface area contributed by atoms with Crippen LogP contribution in [0, 0.1) is 0 Å². The van der Waals surface area contributed by atoms with Gasteiger partial charge in [0.05, 0.1) is 0 Å². The first kappa shape index (κ1) is 11.1. The van der Waals surface area contributed by atoms with Crippen LogP contribution in [0.3, 0.4) is 0 Å². The summed E-state index contributed by atoms with van der Waals surface area (Å²) in [7, 11) is 0. The van der Waals surface area contributed by atoms with E-state index < -0.39 is 0 Å². The summed E-state index contributed by atoms with van der Waals surface area (Å²) in [6, 6.07) is 2.95. The zero-order valence-electron chi connectivity index (χ0n) is 9.41. The fraction of sp³-hybridized carbons (Fsp3) is 0.667. The Balaban J connectivity index is 1.82. The third-order valence-electron chi connectivity index (χ3n) is 2.96. The molecule has 0 aliphatic carbocycles. The molecule has 1 aromatic heterocycles. The molecule has 1 fully saturated rings. The number of piperazine rings is 1. The smallest absolute Gasteiger partial charge is 0.0243 e. The Morgan fingerprint density at radius 1 is 1.60 bits per heavy atom.